The Balaban J connectivity index is 2.04. The Labute approximate surface area is 108 Å². The van der Waals surface area contributed by atoms with E-state index in [1.54, 1.807) is 0 Å². The van der Waals surface area contributed by atoms with Crippen molar-refractivity contribution in [2.45, 2.75) is 58.2 Å². The summed E-state index contributed by atoms with van der Waals surface area (Å²) in [4.78, 5) is 11.8. The summed E-state index contributed by atoms with van der Waals surface area (Å²) in [5.41, 5.74) is 1.93. The zero-order valence-electron chi connectivity index (χ0n) is 11.4. The van der Waals surface area contributed by atoms with Gasteiger partial charge in [0.1, 0.15) is 6.10 Å². The lowest BCUT2D eigenvalue weighted by atomic mass is 9.81. The van der Waals surface area contributed by atoms with E-state index in [1.807, 2.05) is 13.8 Å². The summed E-state index contributed by atoms with van der Waals surface area (Å²) >= 11 is 0. The van der Waals surface area contributed by atoms with E-state index in [4.69, 9.17) is 4.74 Å². The van der Waals surface area contributed by atoms with Gasteiger partial charge in [-0.05, 0) is 45.1 Å². The van der Waals surface area contributed by atoms with E-state index in [0.717, 1.165) is 25.7 Å². The van der Waals surface area contributed by atoms with Gasteiger partial charge in [-0.1, -0.05) is 12.5 Å². The molecule has 1 saturated heterocycles. The van der Waals surface area contributed by atoms with E-state index in [9.17, 15) is 9.90 Å². The van der Waals surface area contributed by atoms with Gasteiger partial charge in [0.2, 0.25) is 0 Å². The van der Waals surface area contributed by atoms with Crippen LogP contribution in [0.25, 0.3) is 0 Å². The van der Waals surface area contributed by atoms with Crippen LogP contribution in [0.3, 0.4) is 0 Å². The van der Waals surface area contributed by atoms with Crippen LogP contribution < -0.4 is 0 Å². The third-order valence-electron chi connectivity index (χ3n) is 5.36. The number of allylic oxidation sites excluding steroid dienone is 1. The van der Waals surface area contributed by atoms with Gasteiger partial charge in [-0.2, -0.15) is 0 Å². The number of ether oxygens (including phenoxy) is 1. The van der Waals surface area contributed by atoms with E-state index in [-0.39, 0.29) is 29.8 Å². The molecule has 100 valence electrons. The topological polar surface area (TPSA) is 46.5 Å². The second-order valence-electron chi connectivity index (χ2n) is 6.53. The van der Waals surface area contributed by atoms with Crippen LogP contribution in [-0.4, -0.2) is 22.8 Å². The maximum Gasteiger partial charge on any atom is 0.309 e. The molecule has 2 aliphatic carbocycles. The first kappa shape index (κ1) is 12.2. The summed E-state index contributed by atoms with van der Waals surface area (Å²) in [5, 5.41) is 10.7. The highest BCUT2D eigenvalue weighted by molar-refractivity contribution is 5.75. The van der Waals surface area contributed by atoms with E-state index in [2.05, 4.69) is 6.92 Å². The zero-order chi connectivity index (χ0) is 13.1. The molecule has 0 amide bonds. The monoisotopic (exact) mass is 250 g/mol. The van der Waals surface area contributed by atoms with E-state index in [0.29, 0.717) is 0 Å². The van der Waals surface area contributed by atoms with Crippen LogP contribution in [0.2, 0.25) is 0 Å². The Hall–Kier alpha value is -0.830. The van der Waals surface area contributed by atoms with Gasteiger partial charge < -0.3 is 9.84 Å². The number of esters is 1. The van der Waals surface area contributed by atoms with E-state index < -0.39 is 5.60 Å². The Morgan fingerprint density at radius 1 is 1.39 bits per heavy atom. The van der Waals surface area contributed by atoms with Gasteiger partial charge in [0.25, 0.3) is 0 Å². The summed E-state index contributed by atoms with van der Waals surface area (Å²) in [7, 11) is 0. The summed E-state index contributed by atoms with van der Waals surface area (Å²) < 4.78 is 5.63. The SMILES string of the molecule is CC1=C2[C@H]3OC(=O)[C@H](C)[C@@H]3CC[C@](C)(O)[C@H]2CC1. The van der Waals surface area contributed by atoms with Crippen LogP contribution in [0, 0.1) is 17.8 Å². The minimum absolute atomic E-state index is 0.0227. The van der Waals surface area contributed by atoms with Crippen LogP contribution in [0.5, 0.6) is 0 Å². The number of hydrogen-bond donors (Lipinski definition) is 1. The summed E-state index contributed by atoms with van der Waals surface area (Å²) in [6, 6.07) is 0. The normalized spacial score (nSPS) is 47.7. The van der Waals surface area contributed by atoms with Crippen molar-refractivity contribution in [3.63, 3.8) is 0 Å². The van der Waals surface area contributed by atoms with Crippen LogP contribution in [0.15, 0.2) is 11.1 Å². The quantitative estimate of drug-likeness (QED) is 0.530. The van der Waals surface area contributed by atoms with Gasteiger partial charge in [0.15, 0.2) is 0 Å². The molecule has 5 atom stereocenters. The fraction of sp³-hybridized carbons (Fsp3) is 0.800. The van der Waals surface area contributed by atoms with Crippen LogP contribution in [0.4, 0.5) is 0 Å². The fourth-order valence-corrected chi connectivity index (χ4v) is 4.13. The maximum absolute atomic E-state index is 11.8. The smallest absolute Gasteiger partial charge is 0.309 e. The molecule has 3 heteroatoms. The third-order valence-corrected chi connectivity index (χ3v) is 5.36. The van der Waals surface area contributed by atoms with Gasteiger partial charge in [0, 0.05) is 11.8 Å². The molecule has 1 N–H and O–H groups in total. The van der Waals surface area contributed by atoms with E-state index >= 15 is 0 Å². The highest BCUT2D eigenvalue weighted by Gasteiger charge is 2.52. The predicted octanol–water partition coefficient (Wildman–Crippen LogP) is 2.44. The van der Waals surface area contributed by atoms with Crippen molar-refractivity contribution in [1.82, 2.24) is 0 Å². The predicted molar refractivity (Wildman–Crippen MR) is 67.8 cm³/mol. The third kappa shape index (κ3) is 1.56. The second-order valence-corrected chi connectivity index (χ2v) is 6.53. The number of fused-ring (bicyclic) bond motifs is 3. The second kappa shape index (κ2) is 3.83. The molecule has 3 nitrogen and oxygen atoms in total. The molecule has 0 aromatic carbocycles. The van der Waals surface area contributed by atoms with Crippen LogP contribution >= 0.6 is 0 Å². The standard InChI is InChI=1S/C15H22O3/c1-8-4-5-11-12(8)13-10(6-7-15(11,3)17)9(2)14(16)18-13/h9-11,13,17H,4-7H2,1-3H3/t9-,10+,11+,13+,15+/m1/s1. The van der Waals surface area contributed by atoms with Crippen molar-refractivity contribution < 1.29 is 14.6 Å². The van der Waals surface area contributed by atoms with Crippen molar-refractivity contribution in [3.05, 3.63) is 11.1 Å². The molecule has 0 radical (unpaired) electrons. The molecule has 0 bridgehead atoms. The summed E-state index contributed by atoms with van der Waals surface area (Å²) in [6.45, 7) is 6.04. The number of carbonyl (C=O) groups excluding carboxylic acids is 1. The molecule has 0 aromatic heterocycles. The molecule has 3 rings (SSSR count). The Morgan fingerprint density at radius 3 is 2.83 bits per heavy atom. The molecule has 1 heterocycles. The lowest BCUT2D eigenvalue weighted by Gasteiger charge is -2.31. The van der Waals surface area contributed by atoms with Gasteiger partial charge in [-0.25, -0.2) is 0 Å². The molecule has 18 heavy (non-hydrogen) atoms. The lowest BCUT2D eigenvalue weighted by Crippen LogP contribution is -2.35. The first-order valence-electron chi connectivity index (χ1n) is 7.04. The van der Waals surface area contributed by atoms with E-state index in [1.165, 1.54) is 11.1 Å². The van der Waals surface area contributed by atoms with Crippen molar-refractivity contribution in [1.29, 1.82) is 0 Å². The molecule has 3 aliphatic rings. The Bertz CT molecular complexity index is 421. The van der Waals surface area contributed by atoms with Crippen molar-refractivity contribution in [2.75, 3.05) is 0 Å². The molecule has 1 saturated carbocycles. The fourth-order valence-electron chi connectivity index (χ4n) is 4.13. The maximum atomic E-state index is 11.8. The molecular weight excluding hydrogens is 228 g/mol. The van der Waals surface area contributed by atoms with Crippen LogP contribution in [0.1, 0.15) is 46.5 Å². The number of hydrogen-bond acceptors (Lipinski definition) is 3. The minimum Gasteiger partial charge on any atom is -0.457 e. The summed E-state index contributed by atoms with van der Waals surface area (Å²) in [5.74, 6) is 0.366. The van der Waals surface area contributed by atoms with Gasteiger partial charge in [0.05, 0.1) is 11.5 Å². The van der Waals surface area contributed by atoms with Gasteiger partial charge >= 0.3 is 5.97 Å². The van der Waals surface area contributed by atoms with Crippen molar-refractivity contribution in [2.24, 2.45) is 17.8 Å². The van der Waals surface area contributed by atoms with Crippen molar-refractivity contribution >= 4 is 5.97 Å². The summed E-state index contributed by atoms with van der Waals surface area (Å²) in [6.07, 6.45) is 3.64. The average Bonchev–Trinajstić information content (AvgIpc) is 2.76. The largest absolute Gasteiger partial charge is 0.457 e. The lowest BCUT2D eigenvalue weighted by molar-refractivity contribution is -0.143. The first-order valence-corrected chi connectivity index (χ1v) is 7.04. The molecular formula is C15H22O3. The molecule has 0 aromatic rings. The molecule has 2 fully saturated rings. The van der Waals surface area contributed by atoms with Gasteiger partial charge in [-0.15, -0.1) is 0 Å². The molecule has 1 aliphatic heterocycles. The zero-order valence-corrected chi connectivity index (χ0v) is 11.4. The highest BCUT2D eigenvalue weighted by atomic mass is 16.6. The highest BCUT2D eigenvalue weighted by Crippen LogP contribution is 2.51. The number of carbonyl (C=O) groups is 1. The van der Waals surface area contributed by atoms with Gasteiger partial charge in [-0.3, -0.25) is 4.79 Å². The number of aliphatic hydroxyl groups is 1. The molecule has 0 unspecified atom stereocenters. The Morgan fingerprint density at radius 2 is 2.11 bits per heavy atom. The Kier molecular flexibility index (Phi) is 2.60. The van der Waals surface area contributed by atoms with Crippen molar-refractivity contribution in [3.8, 4) is 0 Å². The molecule has 0 spiro atoms. The van der Waals surface area contributed by atoms with Crippen LogP contribution in [-0.2, 0) is 9.53 Å². The minimum atomic E-state index is -0.635. The number of rotatable bonds is 0. The first-order chi connectivity index (χ1) is 8.42. The average molecular weight is 250 g/mol.